The fourth-order valence-corrected chi connectivity index (χ4v) is 18.7. The maximum Gasteiger partial charge on any atom is 0.410 e. The van der Waals surface area contributed by atoms with Gasteiger partial charge in [0.05, 0.1) is 56.2 Å². The van der Waals surface area contributed by atoms with Crippen LogP contribution < -0.4 is 30.7 Å². The SMILES string of the molecule is C=C[C@@H]1C[C@]1(NC(=O)[C@@H]1C[C@@H](OC(=O)N2Cc3cccc(F)c3C2)CN1C(=O)[C@H](CC(=O)N1C[C@@H]2C[C@H]1C(=O)O2)NC(=O)OC(C)(C)C)C(=O)NS(=O)(=O)C1CC1.C=C[C@@H]1C[C@]1(NC(=O)[C@@H]1C[C@@H](OC(=O)N2Cc3cccc(F)c3C2)CN1C(=O)[C@H](CCC(=O)N1C[C@H]2C[C@@H]1C(=O)O2)NC(=O)OC(C)(C)C)C(=O)NS(=O)(=O)C1CC1. The van der Waals surface area contributed by atoms with Gasteiger partial charge in [-0.15, -0.1) is 13.2 Å². The number of alkyl carbamates (subject to hydrolysis) is 2. The molecule has 0 aromatic heterocycles. The average molecular weight is 1650 g/mol. The Balaban J connectivity index is 0.000000200. The first kappa shape index (κ1) is 82.4. The molecule has 115 heavy (non-hydrogen) atoms. The zero-order chi connectivity index (χ0) is 83.1. The van der Waals surface area contributed by atoms with Gasteiger partial charge in [0.2, 0.25) is 55.5 Å². The van der Waals surface area contributed by atoms with Crippen LogP contribution in [0.25, 0.3) is 0 Å². The number of carbonyl (C=O) groups excluding carboxylic acids is 14. The van der Waals surface area contributed by atoms with Crippen LogP contribution in [0.2, 0.25) is 0 Å². The van der Waals surface area contributed by atoms with Crippen molar-refractivity contribution >= 4 is 104 Å². The number of nitrogens with one attached hydrogen (secondary N) is 6. The maximum atomic E-state index is 14.6. The highest BCUT2D eigenvalue weighted by Crippen LogP contribution is 2.47. The monoisotopic (exact) mass is 1650 g/mol. The Labute approximate surface area is 660 Å². The van der Waals surface area contributed by atoms with E-state index in [9.17, 15) is 92.7 Å². The number of nitrogens with zero attached hydrogens (tertiary/aromatic N) is 6. The topological polar surface area (TPSA) is 454 Å². The van der Waals surface area contributed by atoms with Crippen LogP contribution in [0.4, 0.5) is 28.0 Å². The smallest absolute Gasteiger partial charge is 0.410 e. The summed E-state index contributed by atoms with van der Waals surface area (Å²) in [5, 5.41) is 8.77. The molecule has 622 valence electrons. The Bertz CT molecular complexity index is 4670. The Morgan fingerprint density at radius 2 is 0.957 bits per heavy atom. The summed E-state index contributed by atoms with van der Waals surface area (Å²) in [5.74, 6) is -10.00. The Kier molecular flexibility index (Phi) is 22.4. The molecule has 14 atom stereocenters. The first-order valence-corrected chi connectivity index (χ1v) is 41.2. The van der Waals surface area contributed by atoms with Crippen LogP contribution in [-0.4, -0.2) is 249 Å². The Morgan fingerprint density at radius 3 is 1.32 bits per heavy atom. The molecule has 8 aliphatic heterocycles. The van der Waals surface area contributed by atoms with Gasteiger partial charge in [-0.1, -0.05) is 36.4 Å². The average Bonchev–Trinajstić information content (AvgIpc) is 1.58. The summed E-state index contributed by atoms with van der Waals surface area (Å²) >= 11 is 0. The number of hydrogen-bond acceptors (Lipinski definition) is 24. The van der Waals surface area contributed by atoms with E-state index in [0.29, 0.717) is 54.4 Å². The highest BCUT2D eigenvalue weighted by atomic mass is 32.2. The van der Waals surface area contributed by atoms with E-state index in [2.05, 4.69) is 43.9 Å². The molecule has 4 aliphatic carbocycles. The van der Waals surface area contributed by atoms with Gasteiger partial charge in [0.1, 0.15) is 94.6 Å². The lowest BCUT2D eigenvalue weighted by atomic mass is 10.1. The fraction of sp³-hybridized carbons (Fsp3) is 0.600. The lowest BCUT2D eigenvalue weighted by Gasteiger charge is -2.32. The summed E-state index contributed by atoms with van der Waals surface area (Å²) in [7, 11) is -8.01. The standard InChI is InChI=1S/C38H47FN6O12S.C37H45FN6O12S/c1-5-21-15-38(21,34(50)42-58(53,54)24-9-10-24)41-31(47)28-13-23(56-36(52)43-16-20-7-6-8-26(39)25(20)19-43)18-45(28)32(48)27(40-35(51)57-37(2,3)4)11-12-30(46)44-17-22-14-29(44)33(49)55-22;1-5-20-14-37(20,33(49)41-57(52,53)23-9-10-23)40-30(46)27-11-22(55-35(51)42-15-19-7-6-8-25(38)24(19)18-42)17-44(27)31(47)26(39-34(50)56-36(2,3)4)13-29(45)43-16-21-12-28(43)32(48)54-21/h5-8,21-24,27-29H,1,9-19H2,2-4H3,(H,40,51)(H,41,47)(H,42,50);5-8,20-23,26-28H,1,9-18H2,2-4H3,(H,39,50)(H,40,46)(H,41,49)/t21-,22-,23-,27+,28+,29-,38-;20-,21+,22-,26+,27+,28+,37-/m11/s1. The molecule has 4 saturated carbocycles. The quantitative estimate of drug-likeness (QED) is 0.0525. The molecule has 10 fully saturated rings. The van der Waals surface area contributed by atoms with Crippen LogP contribution in [0.5, 0.6) is 0 Å². The second-order valence-electron chi connectivity index (χ2n) is 33.2. The highest BCUT2D eigenvalue weighted by Gasteiger charge is 2.64. The van der Waals surface area contributed by atoms with Crippen molar-refractivity contribution < 1.29 is 121 Å². The number of carbonyl (C=O) groups is 14. The van der Waals surface area contributed by atoms with Crippen molar-refractivity contribution in [1.29, 1.82) is 0 Å². The number of hydrogen-bond donors (Lipinski definition) is 6. The van der Waals surface area contributed by atoms with E-state index in [4.69, 9.17) is 28.4 Å². The minimum Gasteiger partial charge on any atom is -0.459 e. The zero-order valence-electron chi connectivity index (χ0n) is 64.0. The Morgan fingerprint density at radius 1 is 0.557 bits per heavy atom. The van der Waals surface area contributed by atoms with Gasteiger partial charge in [-0.25, -0.2) is 54.4 Å². The minimum absolute atomic E-state index is 0.0111. The molecule has 12 amide bonds. The molecule has 40 heteroatoms. The molecule has 6 N–H and O–H groups in total. The van der Waals surface area contributed by atoms with E-state index in [1.54, 1.807) is 53.7 Å². The molecule has 14 rings (SSSR count). The molecule has 36 nitrogen and oxygen atoms in total. The van der Waals surface area contributed by atoms with E-state index >= 15 is 0 Å². The number of esters is 2. The fourth-order valence-electron chi connectivity index (χ4n) is 16.0. The predicted octanol–water partition coefficient (Wildman–Crippen LogP) is 1.84. The summed E-state index contributed by atoms with van der Waals surface area (Å²) < 4.78 is 117. The molecule has 2 aromatic rings. The second-order valence-corrected chi connectivity index (χ2v) is 37.1. The number of benzene rings is 2. The van der Waals surface area contributed by atoms with E-state index < -0.39 is 233 Å². The van der Waals surface area contributed by atoms with E-state index in [-0.39, 0.29) is 90.8 Å². The third kappa shape index (κ3) is 17.8. The van der Waals surface area contributed by atoms with Crippen LogP contribution in [0.15, 0.2) is 61.7 Å². The molecule has 4 bridgehead atoms. The van der Waals surface area contributed by atoms with E-state index in [1.807, 2.05) is 0 Å². The molecule has 0 spiro atoms. The van der Waals surface area contributed by atoms with Crippen molar-refractivity contribution in [3.63, 3.8) is 0 Å². The van der Waals surface area contributed by atoms with Crippen LogP contribution in [0.3, 0.4) is 0 Å². The highest BCUT2D eigenvalue weighted by molar-refractivity contribution is 7.91. The number of morpholine rings is 2. The van der Waals surface area contributed by atoms with Gasteiger partial charge in [0.15, 0.2) is 0 Å². The Hall–Kier alpha value is -10.5. The number of fused-ring (bicyclic) bond motifs is 6. The van der Waals surface area contributed by atoms with Crippen molar-refractivity contribution in [1.82, 2.24) is 60.1 Å². The third-order valence-corrected chi connectivity index (χ3v) is 26.0. The normalized spacial score (nSPS) is 27.8. The number of ether oxygens (including phenoxy) is 6. The molecule has 0 unspecified atom stereocenters. The molecule has 8 heterocycles. The van der Waals surface area contributed by atoms with Gasteiger partial charge in [-0.05, 0) is 110 Å². The summed E-state index contributed by atoms with van der Waals surface area (Å²) in [5.41, 5.74) is -3.58. The number of sulfonamides is 2. The lowest BCUT2D eigenvalue weighted by molar-refractivity contribution is -0.157. The van der Waals surface area contributed by atoms with Crippen LogP contribution in [0.1, 0.15) is 147 Å². The van der Waals surface area contributed by atoms with Crippen molar-refractivity contribution in [3.05, 3.63) is 95.6 Å². The first-order chi connectivity index (χ1) is 54.1. The number of amides is 12. The summed E-state index contributed by atoms with van der Waals surface area (Å²) in [4.78, 5) is 196. The van der Waals surface area contributed by atoms with E-state index in [0.717, 1.165) is 9.80 Å². The summed E-state index contributed by atoms with van der Waals surface area (Å²) in [6, 6.07) is 1.34. The van der Waals surface area contributed by atoms with Crippen molar-refractivity contribution in [2.45, 2.75) is 245 Å². The number of halogens is 2. The molecular formula is C75H92F2N12O24S2. The molecular weight excluding hydrogens is 1560 g/mol. The minimum atomic E-state index is -4.01. The second kappa shape index (κ2) is 31.2. The molecule has 0 radical (unpaired) electrons. The van der Waals surface area contributed by atoms with Crippen molar-refractivity contribution in [2.24, 2.45) is 11.8 Å². The van der Waals surface area contributed by atoms with Gasteiger partial charge >= 0.3 is 36.3 Å². The third-order valence-electron chi connectivity index (χ3n) is 22.4. The zero-order valence-corrected chi connectivity index (χ0v) is 65.7. The van der Waals surface area contributed by atoms with Gasteiger partial charge in [0, 0.05) is 68.2 Å². The molecule has 12 aliphatic rings. The lowest BCUT2D eigenvalue weighted by Crippen LogP contribution is -2.59. The van der Waals surface area contributed by atoms with Crippen LogP contribution >= 0.6 is 0 Å². The van der Waals surface area contributed by atoms with Crippen molar-refractivity contribution in [3.8, 4) is 0 Å². The van der Waals surface area contributed by atoms with Crippen molar-refractivity contribution in [2.75, 3.05) is 26.2 Å². The van der Waals surface area contributed by atoms with Crippen LogP contribution in [0, 0.1) is 23.5 Å². The maximum absolute atomic E-state index is 14.6. The first-order valence-electron chi connectivity index (χ1n) is 38.1. The van der Waals surface area contributed by atoms with Gasteiger partial charge < -0.3 is 69.3 Å². The summed E-state index contributed by atoms with van der Waals surface area (Å²) in [6.07, 6.45) is -3.70. The summed E-state index contributed by atoms with van der Waals surface area (Å²) in [6.45, 7) is 16.5. The van der Waals surface area contributed by atoms with E-state index in [1.165, 1.54) is 56.0 Å². The number of rotatable bonds is 23. The van der Waals surface area contributed by atoms with Gasteiger partial charge in [0.25, 0.3) is 11.8 Å². The van der Waals surface area contributed by atoms with Crippen LogP contribution in [-0.2, 0) is 123 Å². The van der Waals surface area contributed by atoms with Gasteiger partial charge in [-0.2, -0.15) is 0 Å². The number of likely N-dealkylation sites (tertiary alicyclic amines) is 4. The largest absolute Gasteiger partial charge is 0.459 e. The molecule has 2 aromatic carbocycles. The predicted molar refractivity (Wildman–Crippen MR) is 391 cm³/mol. The molecule has 6 saturated heterocycles. The van der Waals surface area contributed by atoms with Gasteiger partial charge in [-0.3, -0.25) is 57.6 Å².